The molecule has 0 spiro atoms. The van der Waals surface area contributed by atoms with Crippen LogP contribution in [0.4, 0.5) is 0 Å². The topological polar surface area (TPSA) is 77.4 Å². The molecule has 0 heterocycles. The van der Waals surface area contributed by atoms with E-state index in [4.69, 9.17) is 14.7 Å². The Hall–Kier alpha value is -2.24. The van der Waals surface area contributed by atoms with Crippen molar-refractivity contribution < 1.29 is 24.2 Å². The molecule has 98 valence electrons. The number of nitrogens with zero attached hydrogens (tertiary/aromatic N) is 1. The van der Waals surface area contributed by atoms with Crippen LogP contribution in [0.15, 0.2) is 23.4 Å². The summed E-state index contributed by atoms with van der Waals surface area (Å²) in [4.78, 5) is 11.0. The monoisotopic (exact) mass is 253 g/mol. The number of rotatable bonds is 6. The Morgan fingerprint density at radius 3 is 2.78 bits per heavy atom. The molecule has 0 amide bonds. The normalized spacial score (nSPS) is 10.3. The van der Waals surface area contributed by atoms with Crippen LogP contribution in [0.5, 0.6) is 11.5 Å². The molecular weight excluding hydrogens is 238 g/mol. The quantitative estimate of drug-likeness (QED) is 0.359. The van der Waals surface area contributed by atoms with Gasteiger partial charge in [0, 0.05) is 5.56 Å². The van der Waals surface area contributed by atoms with Crippen LogP contribution in [-0.4, -0.2) is 37.7 Å². The maximum absolute atomic E-state index is 11.0. The van der Waals surface area contributed by atoms with Crippen LogP contribution in [-0.2, 0) is 9.53 Å². The summed E-state index contributed by atoms with van der Waals surface area (Å²) in [5, 5.41) is 11.4. The maximum Gasteiger partial charge on any atom is 0.343 e. The lowest BCUT2D eigenvalue weighted by atomic mass is 10.2. The van der Waals surface area contributed by atoms with Crippen LogP contribution < -0.4 is 9.47 Å². The zero-order chi connectivity index (χ0) is 13.4. The number of benzene rings is 1. The molecule has 0 aliphatic rings. The second-order valence-electron chi connectivity index (χ2n) is 3.25. The zero-order valence-corrected chi connectivity index (χ0v) is 10.3. The largest absolute Gasteiger partial charge is 0.490 e. The van der Waals surface area contributed by atoms with Gasteiger partial charge in [-0.15, -0.1) is 0 Å². The highest BCUT2D eigenvalue weighted by molar-refractivity contribution is 5.80. The van der Waals surface area contributed by atoms with Crippen molar-refractivity contribution in [1.82, 2.24) is 0 Å². The van der Waals surface area contributed by atoms with Gasteiger partial charge >= 0.3 is 5.97 Å². The number of methoxy groups -OCH3 is 1. The molecule has 1 N–H and O–H groups in total. The minimum Gasteiger partial charge on any atom is -0.490 e. The third-order valence-electron chi connectivity index (χ3n) is 2.05. The highest BCUT2D eigenvalue weighted by Crippen LogP contribution is 2.28. The number of hydrogen-bond donors (Lipinski definition) is 1. The number of hydrogen-bond acceptors (Lipinski definition) is 6. The molecule has 0 unspecified atom stereocenters. The van der Waals surface area contributed by atoms with Gasteiger partial charge < -0.3 is 19.4 Å². The van der Waals surface area contributed by atoms with Crippen molar-refractivity contribution >= 4 is 12.2 Å². The average molecular weight is 253 g/mol. The molecule has 0 aliphatic carbocycles. The number of carbonyl (C=O) groups is 1. The first-order valence-corrected chi connectivity index (χ1v) is 5.35. The molecule has 1 aromatic rings. The predicted molar refractivity (Wildman–Crippen MR) is 64.5 cm³/mol. The van der Waals surface area contributed by atoms with Crippen LogP contribution in [0, 0.1) is 0 Å². The number of oxime groups is 1. The Labute approximate surface area is 105 Å². The van der Waals surface area contributed by atoms with Crippen LogP contribution in [0.1, 0.15) is 12.5 Å². The lowest BCUT2D eigenvalue weighted by Crippen LogP contribution is -2.13. The summed E-state index contributed by atoms with van der Waals surface area (Å²) in [6, 6.07) is 4.95. The molecule has 0 saturated heterocycles. The van der Waals surface area contributed by atoms with E-state index in [-0.39, 0.29) is 6.61 Å². The summed E-state index contributed by atoms with van der Waals surface area (Å²) in [6.07, 6.45) is 1.27. The smallest absolute Gasteiger partial charge is 0.343 e. The van der Waals surface area contributed by atoms with Gasteiger partial charge in [-0.25, -0.2) is 4.79 Å². The Kier molecular flexibility index (Phi) is 5.50. The molecule has 1 aromatic carbocycles. The van der Waals surface area contributed by atoms with E-state index in [0.717, 1.165) is 0 Å². The Balaban J connectivity index is 2.85. The Bertz CT molecular complexity index is 430. The zero-order valence-electron chi connectivity index (χ0n) is 10.3. The SMILES string of the molecule is CCOc1cc(C=NO)ccc1OCC(=O)OC. The van der Waals surface area contributed by atoms with Gasteiger partial charge in [-0.1, -0.05) is 5.16 Å². The van der Waals surface area contributed by atoms with Crippen molar-refractivity contribution in [2.75, 3.05) is 20.3 Å². The van der Waals surface area contributed by atoms with E-state index < -0.39 is 5.97 Å². The van der Waals surface area contributed by atoms with Gasteiger partial charge in [-0.3, -0.25) is 0 Å². The molecule has 18 heavy (non-hydrogen) atoms. The third-order valence-corrected chi connectivity index (χ3v) is 2.05. The van der Waals surface area contributed by atoms with Crippen molar-refractivity contribution in [3.8, 4) is 11.5 Å². The molecule has 6 heteroatoms. The highest BCUT2D eigenvalue weighted by Gasteiger charge is 2.08. The Morgan fingerprint density at radius 1 is 1.39 bits per heavy atom. The van der Waals surface area contributed by atoms with E-state index >= 15 is 0 Å². The number of carbonyl (C=O) groups excluding carboxylic acids is 1. The van der Waals surface area contributed by atoms with E-state index in [9.17, 15) is 4.79 Å². The van der Waals surface area contributed by atoms with E-state index in [0.29, 0.717) is 23.7 Å². The summed E-state index contributed by atoms with van der Waals surface area (Å²) in [5.41, 5.74) is 0.659. The molecule has 0 radical (unpaired) electrons. The lowest BCUT2D eigenvalue weighted by molar-refractivity contribution is -0.142. The first-order chi connectivity index (χ1) is 8.71. The van der Waals surface area contributed by atoms with Gasteiger partial charge in [-0.2, -0.15) is 0 Å². The standard InChI is InChI=1S/C12H15NO5/c1-3-17-11-6-9(7-13-15)4-5-10(11)18-8-12(14)16-2/h4-7,15H,3,8H2,1-2H3. The van der Waals surface area contributed by atoms with E-state index in [2.05, 4.69) is 9.89 Å². The van der Waals surface area contributed by atoms with Gasteiger partial charge in [-0.05, 0) is 25.1 Å². The van der Waals surface area contributed by atoms with E-state index in [1.54, 1.807) is 18.2 Å². The fraction of sp³-hybridized carbons (Fsp3) is 0.333. The van der Waals surface area contributed by atoms with Gasteiger partial charge in [0.2, 0.25) is 0 Å². The summed E-state index contributed by atoms with van der Waals surface area (Å²) in [5.74, 6) is 0.426. The second-order valence-corrected chi connectivity index (χ2v) is 3.25. The maximum atomic E-state index is 11.0. The molecule has 6 nitrogen and oxygen atoms in total. The summed E-state index contributed by atoms with van der Waals surface area (Å²) >= 11 is 0. The summed E-state index contributed by atoms with van der Waals surface area (Å²) in [7, 11) is 1.29. The van der Waals surface area contributed by atoms with Crippen molar-refractivity contribution in [2.24, 2.45) is 5.16 Å². The van der Waals surface area contributed by atoms with Crippen molar-refractivity contribution in [2.45, 2.75) is 6.92 Å². The van der Waals surface area contributed by atoms with Gasteiger partial charge in [0.25, 0.3) is 0 Å². The molecule has 0 aromatic heterocycles. The van der Waals surface area contributed by atoms with Crippen molar-refractivity contribution in [3.63, 3.8) is 0 Å². The molecule has 0 aliphatic heterocycles. The van der Waals surface area contributed by atoms with Gasteiger partial charge in [0.05, 0.1) is 19.9 Å². The molecule has 0 atom stereocenters. The van der Waals surface area contributed by atoms with E-state index in [1.165, 1.54) is 13.3 Å². The molecule has 1 rings (SSSR count). The lowest BCUT2D eigenvalue weighted by Gasteiger charge is -2.11. The molecule has 0 fully saturated rings. The van der Waals surface area contributed by atoms with Gasteiger partial charge in [0.15, 0.2) is 18.1 Å². The molecular formula is C12H15NO5. The number of esters is 1. The minimum atomic E-state index is -0.474. The first-order valence-electron chi connectivity index (χ1n) is 5.35. The van der Waals surface area contributed by atoms with Crippen molar-refractivity contribution in [1.29, 1.82) is 0 Å². The van der Waals surface area contributed by atoms with Crippen LogP contribution in [0.2, 0.25) is 0 Å². The van der Waals surface area contributed by atoms with Crippen LogP contribution >= 0.6 is 0 Å². The van der Waals surface area contributed by atoms with Crippen molar-refractivity contribution in [3.05, 3.63) is 23.8 Å². The fourth-order valence-corrected chi connectivity index (χ4v) is 1.25. The summed E-state index contributed by atoms with van der Waals surface area (Å²) < 4.78 is 15.1. The predicted octanol–water partition coefficient (Wildman–Crippen LogP) is 1.45. The first kappa shape index (κ1) is 13.8. The minimum absolute atomic E-state index is 0.190. The van der Waals surface area contributed by atoms with Gasteiger partial charge in [0.1, 0.15) is 0 Å². The van der Waals surface area contributed by atoms with Crippen LogP contribution in [0.3, 0.4) is 0 Å². The average Bonchev–Trinajstić information content (AvgIpc) is 2.38. The second kappa shape index (κ2) is 7.16. The van der Waals surface area contributed by atoms with E-state index in [1.807, 2.05) is 6.92 Å². The highest BCUT2D eigenvalue weighted by atomic mass is 16.6. The third kappa shape index (κ3) is 3.97. The molecule has 0 saturated carbocycles. The molecule has 0 bridgehead atoms. The summed E-state index contributed by atoms with van der Waals surface area (Å²) in [6.45, 7) is 2.09. The fourth-order valence-electron chi connectivity index (χ4n) is 1.25. The van der Waals surface area contributed by atoms with Crippen LogP contribution in [0.25, 0.3) is 0 Å². The number of ether oxygens (including phenoxy) is 3. The Morgan fingerprint density at radius 2 is 2.17 bits per heavy atom.